The molecular formula is C18H25NO3. The number of carbonyl (C=O) groups is 1. The van der Waals surface area contributed by atoms with Crippen LogP contribution in [-0.4, -0.2) is 18.1 Å². The van der Waals surface area contributed by atoms with Gasteiger partial charge in [-0.15, -0.1) is 0 Å². The summed E-state index contributed by atoms with van der Waals surface area (Å²) in [4.78, 5) is 12.6. The first-order valence-electron chi connectivity index (χ1n) is 8.22. The van der Waals surface area contributed by atoms with Crippen LogP contribution in [0.2, 0.25) is 0 Å². The second kappa shape index (κ2) is 5.58. The minimum atomic E-state index is -1.41. The number of rotatable bonds is 2. The fraction of sp³-hybridized carbons (Fsp3) is 0.611. The molecule has 1 aliphatic carbocycles. The summed E-state index contributed by atoms with van der Waals surface area (Å²) in [6, 6.07) is 1.85. The summed E-state index contributed by atoms with van der Waals surface area (Å²) in [5, 5.41) is 14.3. The normalized spacial score (nSPS) is 25.5. The molecule has 4 heteroatoms. The Bertz CT molecular complexity index is 603. The van der Waals surface area contributed by atoms with Crippen molar-refractivity contribution >= 4 is 11.6 Å². The quantitative estimate of drug-likeness (QED) is 0.823. The highest BCUT2D eigenvalue weighted by molar-refractivity contribution is 6.06. The third-order valence-corrected chi connectivity index (χ3v) is 5.51. The smallest absolute Gasteiger partial charge is 0.261 e. The van der Waals surface area contributed by atoms with Crippen LogP contribution >= 0.6 is 0 Å². The molecule has 2 N–H and O–H groups in total. The van der Waals surface area contributed by atoms with Gasteiger partial charge in [0.15, 0.2) is 5.60 Å². The Balaban J connectivity index is 2.11. The van der Waals surface area contributed by atoms with Crippen molar-refractivity contribution in [1.82, 2.24) is 0 Å². The van der Waals surface area contributed by atoms with Crippen LogP contribution in [0.1, 0.15) is 55.2 Å². The molecule has 1 saturated carbocycles. The number of ether oxygens (including phenoxy) is 1. The van der Waals surface area contributed by atoms with Gasteiger partial charge >= 0.3 is 0 Å². The number of methoxy groups -OCH3 is 1. The van der Waals surface area contributed by atoms with E-state index in [2.05, 4.69) is 5.32 Å². The highest BCUT2D eigenvalue weighted by Gasteiger charge is 2.51. The van der Waals surface area contributed by atoms with Crippen LogP contribution < -0.4 is 10.1 Å². The molecule has 0 bridgehead atoms. The van der Waals surface area contributed by atoms with E-state index < -0.39 is 5.60 Å². The van der Waals surface area contributed by atoms with Crippen molar-refractivity contribution in [3.8, 4) is 5.75 Å². The number of nitrogens with one attached hydrogen (secondary N) is 1. The van der Waals surface area contributed by atoms with Crippen LogP contribution in [0.25, 0.3) is 0 Å². The van der Waals surface area contributed by atoms with Crippen LogP contribution in [0.15, 0.2) is 6.07 Å². The molecule has 22 heavy (non-hydrogen) atoms. The monoisotopic (exact) mass is 303 g/mol. The molecule has 1 aromatic rings. The molecule has 1 aromatic carbocycles. The van der Waals surface area contributed by atoms with Gasteiger partial charge in [0, 0.05) is 11.5 Å². The predicted molar refractivity (Wildman–Crippen MR) is 86.2 cm³/mol. The summed E-state index contributed by atoms with van der Waals surface area (Å²) in [6.07, 6.45) is 6.35. The second-order valence-electron chi connectivity index (χ2n) is 6.66. The van der Waals surface area contributed by atoms with E-state index in [1.54, 1.807) is 7.11 Å². The van der Waals surface area contributed by atoms with E-state index in [0.29, 0.717) is 5.56 Å². The van der Waals surface area contributed by atoms with Gasteiger partial charge in [-0.1, -0.05) is 25.7 Å². The van der Waals surface area contributed by atoms with Gasteiger partial charge in [0.1, 0.15) is 5.75 Å². The lowest BCUT2D eigenvalue weighted by atomic mass is 9.77. The van der Waals surface area contributed by atoms with Crippen LogP contribution in [0.4, 0.5) is 5.69 Å². The second-order valence-corrected chi connectivity index (χ2v) is 6.66. The number of hydrogen-bond acceptors (Lipinski definition) is 3. The molecule has 1 amide bonds. The van der Waals surface area contributed by atoms with Crippen LogP contribution in [0.3, 0.4) is 0 Å². The molecule has 1 atom stereocenters. The Kier molecular flexibility index (Phi) is 3.89. The van der Waals surface area contributed by atoms with Crippen molar-refractivity contribution in [2.45, 2.75) is 58.0 Å². The van der Waals surface area contributed by atoms with E-state index >= 15 is 0 Å². The Morgan fingerprint density at radius 3 is 2.41 bits per heavy atom. The number of fused-ring (bicyclic) bond motifs is 1. The summed E-state index contributed by atoms with van der Waals surface area (Å²) in [7, 11) is 1.63. The summed E-state index contributed by atoms with van der Waals surface area (Å²) in [5.41, 5.74) is 2.05. The Morgan fingerprint density at radius 1 is 1.18 bits per heavy atom. The Hall–Kier alpha value is -1.55. The zero-order valence-corrected chi connectivity index (χ0v) is 13.7. The van der Waals surface area contributed by atoms with E-state index in [4.69, 9.17) is 4.74 Å². The fourth-order valence-corrected chi connectivity index (χ4v) is 3.99. The molecule has 2 aliphatic rings. The topological polar surface area (TPSA) is 58.6 Å². The number of benzene rings is 1. The van der Waals surface area contributed by atoms with E-state index in [-0.39, 0.29) is 11.8 Å². The molecule has 0 radical (unpaired) electrons. The lowest BCUT2D eigenvalue weighted by Crippen LogP contribution is -2.41. The third-order valence-electron chi connectivity index (χ3n) is 5.51. The van der Waals surface area contributed by atoms with E-state index in [1.165, 1.54) is 12.8 Å². The lowest BCUT2D eigenvalue weighted by Gasteiger charge is -2.30. The average Bonchev–Trinajstić information content (AvgIpc) is 2.72. The van der Waals surface area contributed by atoms with Gasteiger partial charge in [0.2, 0.25) is 0 Å². The number of hydrogen-bond donors (Lipinski definition) is 2. The largest absolute Gasteiger partial charge is 0.496 e. The molecule has 1 aliphatic heterocycles. The van der Waals surface area contributed by atoms with E-state index in [0.717, 1.165) is 48.2 Å². The van der Waals surface area contributed by atoms with Gasteiger partial charge in [-0.25, -0.2) is 0 Å². The molecule has 3 rings (SSSR count). The lowest BCUT2D eigenvalue weighted by molar-refractivity contribution is -0.140. The van der Waals surface area contributed by atoms with Crippen LogP contribution in [0.5, 0.6) is 5.75 Å². The first-order chi connectivity index (χ1) is 10.5. The molecule has 1 fully saturated rings. The SMILES string of the molecule is COc1cc2c(c(C)c1C)NC(=O)C2(O)C1CCCCCC1. The van der Waals surface area contributed by atoms with Gasteiger partial charge in [-0.2, -0.15) is 0 Å². The third kappa shape index (κ3) is 2.12. The first kappa shape index (κ1) is 15.3. The molecule has 1 unspecified atom stereocenters. The molecule has 1 heterocycles. The maximum Gasteiger partial charge on any atom is 0.261 e. The van der Waals surface area contributed by atoms with Crippen molar-refractivity contribution in [2.75, 3.05) is 12.4 Å². The Labute approximate surface area is 131 Å². The summed E-state index contributed by atoms with van der Waals surface area (Å²) in [5.74, 6) is 0.452. The van der Waals surface area contributed by atoms with Gasteiger partial charge in [-0.3, -0.25) is 4.79 Å². The number of aliphatic hydroxyl groups is 1. The molecule has 4 nitrogen and oxygen atoms in total. The highest BCUT2D eigenvalue weighted by atomic mass is 16.5. The zero-order valence-electron chi connectivity index (χ0n) is 13.7. The van der Waals surface area contributed by atoms with Gasteiger partial charge in [0.05, 0.1) is 12.8 Å². The van der Waals surface area contributed by atoms with Gasteiger partial charge in [0.25, 0.3) is 5.91 Å². The van der Waals surface area contributed by atoms with Crippen molar-refractivity contribution in [3.05, 3.63) is 22.8 Å². The van der Waals surface area contributed by atoms with Gasteiger partial charge < -0.3 is 15.2 Å². The predicted octanol–water partition coefficient (Wildman–Crippen LogP) is 3.42. The zero-order chi connectivity index (χ0) is 15.9. The number of anilines is 1. The highest BCUT2D eigenvalue weighted by Crippen LogP contribution is 2.49. The van der Waals surface area contributed by atoms with Crippen LogP contribution in [-0.2, 0) is 10.4 Å². The van der Waals surface area contributed by atoms with Crippen LogP contribution in [0, 0.1) is 19.8 Å². The summed E-state index contributed by atoms with van der Waals surface area (Å²) >= 11 is 0. The van der Waals surface area contributed by atoms with E-state index in [9.17, 15) is 9.90 Å². The minimum absolute atomic E-state index is 0.0111. The molecule has 0 saturated heterocycles. The van der Waals surface area contributed by atoms with Crippen molar-refractivity contribution in [3.63, 3.8) is 0 Å². The summed E-state index contributed by atoms with van der Waals surface area (Å²) in [6.45, 7) is 3.94. The standard InChI is InChI=1S/C18H25NO3/c1-11-12(2)16-14(10-15(11)22-3)18(21,17(20)19-16)13-8-6-4-5-7-9-13/h10,13,21H,4-9H2,1-3H3,(H,19,20). The first-order valence-corrected chi connectivity index (χ1v) is 8.22. The number of amides is 1. The maximum atomic E-state index is 12.6. The number of carbonyl (C=O) groups excluding carboxylic acids is 1. The minimum Gasteiger partial charge on any atom is -0.496 e. The fourth-order valence-electron chi connectivity index (χ4n) is 3.99. The molecular weight excluding hydrogens is 278 g/mol. The molecule has 0 spiro atoms. The summed E-state index contributed by atoms with van der Waals surface area (Å²) < 4.78 is 5.44. The van der Waals surface area contributed by atoms with Crippen molar-refractivity contribution in [2.24, 2.45) is 5.92 Å². The van der Waals surface area contributed by atoms with Crippen molar-refractivity contribution < 1.29 is 14.6 Å². The molecule has 0 aromatic heterocycles. The maximum absolute atomic E-state index is 12.6. The average molecular weight is 303 g/mol. The Morgan fingerprint density at radius 2 is 1.82 bits per heavy atom. The van der Waals surface area contributed by atoms with Gasteiger partial charge in [-0.05, 0) is 43.9 Å². The van der Waals surface area contributed by atoms with E-state index in [1.807, 2.05) is 19.9 Å². The molecule has 120 valence electrons. The van der Waals surface area contributed by atoms with Crippen molar-refractivity contribution in [1.29, 1.82) is 0 Å².